The Morgan fingerprint density at radius 2 is 1.37 bits per heavy atom. The molecule has 0 unspecified atom stereocenters. The number of benzene rings is 4. The van der Waals surface area contributed by atoms with Gasteiger partial charge in [0.05, 0.1) is 5.56 Å². The number of hydrogen-bond donors (Lipinski definition) is 1. The molecule has 1 N–H and O–H groups in total. The van der Waals surface area contributed by atoms with Crippen LogP contribution in [0.4, 0.5) is 5.69 Å². The molecular formula is C25H17NO. The van der Waals surface area contributed by atoms with E-state index in [0.717, 1.165) is 22.0 Å². The molecule has 1 amide bonds. The van der Waals surface area contributed by atoms with E-state index in [1.54, 1.807) is 6.07 Å². The Kier molecular flexibility index (Phi) is 4.68. The van der Waals surface area contributed by atoms with Gasteiger partial charge in [0.1, 0.15) is 0 Å². The van der Waals surface area contributed by atoms with Gasteiger partial charge < -0.3 is 5.32 Å². The van der Waals surface area contributed by atoms with Crippen molar-refractivity contribution in [2.45, 2.75) is 0 Å². The second kappa shape index (κ2) is 7.59. The van der Waals surface area contributed by atoms with Crippen molar-refractivity contribution in [3.63, 3.8) is 0 Å². The fraction of sp³-hybridized carbons (Fsp3) is 0. The van der Waals surface area contributed by atoms with Crippen molar-refractivity contribution in [1.29, 1.82) is 0 Å². The fourth-order valence-corrected chi connectivity index (χ4v) is 2.92. The van der Waals surface area contributed by atoms with Gasteiger partial charge in [-0.2, -0.15) is 0 Å². The third-order valence-corrected chi connectivity index (χ3v) is 4.29. The Morgan fingerprint density at radius 3 is 2.22 bits per heavy atom. The molecule has 0 aromatic heterocycles. The Bertz CT molecular complexity index is 1170. The second-order valence-corrected chi connectivity index (χ2v) is 6.18. The molecule has 0 fully saturated rings. The average Bonchev–Trinajstić information content (AvgIpc) is 2.73. The molecule has 0 aliphatic carbocycles. The lowest BCUT2D eigenvalue weighted by atomic mass is 10.1. The molecule has 0 spiro atoms. The average molecular weight is 347 g/mol. The van der Waals surface area contributed by atoms with E-state index in [1.165, 1.54) is 0 Å². The van der Waals surface area contributed by atoms with Gasteiger partial charge in [-0.15, -0.1) is 0 Å². The first-order chi connectivity index (χ1) is 13.3. The Labute approximate surface area is 158 Å². The number of rotatable bonds is 2. The zero-order valence-corrected chi connectivity index (χ0v) is 14.6. The van der Waals surface area contributed by atoms with Crippen LogP contribution in [0.5, 0.6) is 0 Å². The van der Waals surface area contributed by atoms with Gasteiger partial charge in [0, 0.05) is 16.8 Å². The smallest absolute Gasteiger partial charge is 0.256 e. The van der Waals surface area contributed by atoms with Gasteiger partial charge in [0.25, 0.3) is 5.91 Å². The van der Waals surface area contributed by atoms with Gasteiger partial charge in [-0.05, 0) is 47.2 Å². The van der Waals surface area contributed by atoms with Crippen LogP contribution in [0.15, 0.2) is 97.1 Å². The van der Waals surface area contributed by atoms with Crippen LogP contribution >= 0.6 is 0 Å². The lowest BCUT2D eigenvalue weighted by molar-refractivity contribution is 0.102. The maximum absolute atomic E-state index is 12.8. The lowest BCUT2D eigenvalue weighted by Gasteiger charge is -2.08. The third-order valence-electron chi connectivity index (χ3n) is 4.29. The van der Waals surface area contributed by atoms with Crippen molar-refractivity contribution >= 4 is 22.4 Å². The van der Waals surface area contributed by atoms with Crippen LogP contribution < -0.4 is 5.32 Å². The molecular weight excluding hydrogens is 330 g/mol. The van der Waals surface area contributed by atoms with Crippen molar-refractivity contribution in [2.75, 3.05) is 5.32 Å². The molecule has 0 heterocycles. The van der Waals surface area contributed by atoms with Gasteiger partial charge >= 0.3 is 0 Å². The maximum atomic E-state index is 12.8. The van der Waals surface area contributed by atoms with Crippen LogP contribution in [-0.4, -0.2) is 5.91 Å². The molecule has 4 rings (SSSR count). The number of carbonyl (C=O) groups excluding carboxylic acids is 1. The highest BCUT2D eigenvalue weighted by atomic mass is 16.1. The summed E-state index contributed by atoms with van der Waals surface area (Å²) in [4.78, 5) is 12.8. The molecule has 128 valence electrons. The van der Waals surface area contributed by atoms with E-state index < -0.39 is 0 Å². The summed E-state index contributed by atoms with van der Waals surface area (Å²) >= 11 is 0. The van der Waals surface area contributed by atoms with Crippen LogP contribution in [-0.2, 0) is 0 Å². The van der Waals surface area contributed by atoms with Crippen molar-refractivity contribution in [3.05, 3.63) is 114 Å². The molecule has 4 aromatic carbocycles. The number of carbonyl (C=O) groups is 1. The highest BCUT2D eigenvalue weighted by molar-refractivity contribution is 6.06. The largest absolute Gasteiger partial charge is 0.322 e. The molecule has 0 saturated carbocycles. The minimum absolute atomic E-state index is 0.164. The molecule has 2 nitrogen and oxygen atoms in total. The molecule has 2 heteroatoms. The molecule has 0 saturated heterocycles. The van der Waals surface area contributed by atoms with Gasteiger partial charge in [-0.3, -0.25) is 4.79 Å². The van der Waals surface area contributed by atoms with E-state index in [-0.39, 0.29) is 5.91 Å². The Balaban J connectivity index is 1.61. The van der Waals surface area contributed by atoms with Gasteiger partial charge in [-0.25, -0.2) is 0 Å². The zero-order valence-electron chi connectivity index (χ0n) is 14.6. The number of anilines is 1. The van der Waals surface area contributed by atoms with Crippen LogP contribution in [0, 0.1) is 11.8 Å². The summed E-state index contributed by atoms with van der Waals surface area (Å²) < 4.78 is 0. The number of nitrogens with one attached hydrogen (secondary N) is 1. The van der Waals surface area contributed by atoms with Gasteiger partial charge in [0.15, 0.2) is 0 Å². The second-order valence-electron chi connectivity index (χ2n) is 6.18. The van der Waals surface area contributed by atoms with Crippen LogP contribution in [0.2, 0.25) is 0 Å². The number of fused-ring (bicyclic) bond motifs is 1. The van der Waals surface area contributed by atoms with Gasteiger partial charge in [-0.1, -0.05) is 72.5 Å². The van der Waals surface area contributed by atoms with Crippen LogP contribution in [0.25, 0.3) is 10.8 Å². The van der Waals surface area contributed by atoms with Crippen molar-refractivity contribution in [3.8, 4) is 11.8 Å². The normalized spacial score (nSPS) is 10.1. The quantitative estimate of drug-likeness (QED) is 0.477. The summed E-state index contributed by atoms with van der Waals surface area (Å²) in [6, 6.07) is 31.1. The first-order valence-electron chi connectivity index (χ1n) is 8.76. The number of hydrogen-bond acceptors (Lipinski definition) is 1. The topological polar surface area (TPSA) is 29.1 Å². The summed E-state index contributed by atoms with van der Waals surface area (Å²) in [5.41, 5.74) is 2.96. The predicted molar refractivity (Wildman–Crippen MR) is 111 cm³/mol. The number of amides is 1. The highest BCUT2D eigenvalue weighted by Crippen LogP contribution is 2.20. The molecule has 0 atom stereocenters. The molecule has 0 aliphatic heterocycles. The van der Waals surface area contributed by atoms with Crippen LogP contribution in [0.1, 0.15) is 21.5 Å². The van der Waals surface area contributed by atoms with Gasteiger partial charge in [0.2, 0.25) is 0 Å². The third kappa shape index (κ3) is 3.89. The van der Waals surface area contributed by atoms with E-state index in [2.05, 4.69) is 23.2 Å². The van der Waals surface area contributed by atoms with Crippen LogP contribution in [0.3, 0.4) is 0 Å². The molecule has 0 aliphatic rings. The summed E-state index contributed by atoms with van der Waals surface area (Å²) in [6.07, 6.45) is 0. The summed E-state index contributed by atoms with van der Waals surface area (Å²) in [7, 11) is 0. The summed E-state index contributed by atoms with van der Waals surface area (Å²) in [5, 5.41) is 5.22. The minimum Gasteiger partial charge on any atom is -0.322 e. The van der Waals surface area contributed by atoms with E-state index in [9.17, 15) is 4.79 Å². The Morgan fingerprint density at radius 1 is 0.667 bits per heavy atom. The van der Waals surface area contributed by atoms with Crippen molar-refractivity contribution < 1.29 is 4.79 Å². The molecule has 4 aromatic rings. The Hall–Kier alpha value is -3.83. The highest BCUT2D eigenvalue weighted by Gasteiger charge is 2.10. The zero-order chi connectivity index (χ0) is 18.5. The van der Waals surface area contributed by atoms with E-state index in [0.29, 0.717) is 11.1 Å². The van der Waals surface area contributed by atoms with E-state index in [1.807, 2.05) is 84.9 Å². The van der Waals surface area contributed by atoms with E-state index in [4.69, 9.17) is 0 Å². The standard InChI is InChI=1S/C25H17NO/c27-25(26-23-17-16-20-10-4-5-12-22(20)18-23)24-13-7-6-11-21(24)15-14-19-8-2-1-3-9-19/h1-13,16-18H,(H,26,27). The SMILES string of the molecule is O=C(Nc1ccc2ccccc2c1)c1ccccc1C#Cc1ccccc1. The lowest BCUT2D eigenvalue weighted by Crippen LogP contribution is -2.13. The maximum Gasteiger partial charge on any atom is 0.256 e. The molecule has 0 bridgehead atoms. The predicted octanol–water partition coefficient (Wildman–Crippen LogP) is 5.49. The molecule has 27 heavy (non-hydrogen) atoms. The minimum atomic E-state index is -0.164. The first kappa shape index (κ1) is 16.6. The molecule has 0 radical (unpaired) electrons. The van der Waals surface area contributed by atoms with Crippen molar-refractivity contribution in [1.82, 2.24) is 0 Å². The monoisotopic (exact) mass is 347 g/mol. The first-order valence-corrected chi connectivity index (χ1v) is 8.76. The summed E-state index contributed by atoms with van der Waals surface area (Å²) in [6.45, 7) is 0. The fourth-order valence-electron chi connectivity index (χ4n) is 2.92. The van der Waals surface area contributed by atoms with E-state index >= 15 is 0 Å². The summed E-state index contributed by atoms with van der Waals surface area (Å²) in [5.74, 6) is 6.07. The van der Waals surface area contributed by atoms with Crippen molar-refractivity contribution in [2.24, 2.45) is 0 Å².